The summed E-state index contributed by atoms with van der Waals surface area (Å²) in [6.07, 6.45) is 0.163. The molecule has 0 bridgehead atoms. The Morgan fingerprint density at radius 2 is 2.08 bits per heavy atom. The van der Waals surface area contributed by atoms with Crippen LogP contribution < -0.4 is 0 Å². The van der Waals surface area contributed by atoms with Gasteiger partial charge >= 0.3 is 5.97 Å². The first kappa shape index (κ1) is 10.9. The van der Waals surface area contributed by atoms with Crippen LogP contribution in [0.1, 0.15) is 13.3 Å². The van der Waals surface area contributed by atoms with Gasteiger partial charge in [0.2, 0.25) is 5.91 Å². The molecule has 0 aliphatic heterocycles. The first-order chi connectivity index (χ1) is 5.61. The molecule has 0 aromatic heterocycles. The highest BCUT2D eigenvalue weighted by atomic mass is 16.5. The Bertz CT molecular complexity index is 168. The molecule has 0 unspecified atom stereocenters. The molecule has 0 saturated carbocycles. The Labute approximate surface area is 72.5 Å². The van der Waals surface area contributed by atoms with Gasteiger partial charge in [0, 0.05) is 13.5 Å². The zero-order chi connectivity index (χ0) is 9.56. The molecule has 0 aliphatic rings. The monoisotopic (exact) mass is 172 g/mol. The van der Waals surface area contributed by atoms with Crippen LogP contribution in [0, 0.1) is 6.92 Å². The molecule has 69 valence electrons. The zero-order valence-corrected chi connectivity index (χ0v) is 7.50. The number of nitrogens with zero attached hydrogens (tertiary/aromatic N) is 1. The SMILES string of the molecule is [CH2]CC(=O)N(C)CC(=O)OCC. The molecule has 12 heavy (non-hydrogen) atoms. The second-order valence-electron chi connectivity index (χ2n) is 2.30. The quantitative estimate of drug-likeness (QED) is 0.570. The second-order valence-corrected chi connectivity index (χ2v) is 2.30. The van der Waals surface area contributed by atoms with Gasteiger partial charge in [-0.25, -0.2) is 0 Å². The van der Waals surface area contributed by atoms with Crippen LogP contribution in [-0.2, 0) is 14.3 Å². The summed E-state index contributed by atoms with van der Waals surface area (Å²) in [6.45, 7) is 5.48. The molecule has 4 nitrogen and oxygen atoms in total. The number of likely N-dealkylation sites (N-methyl/N-ethyl adjacent to an activating group) is 1. The summed E-state index contributed by atoms with van der Waals surface area (Å²) in [7, 11) is 1.55. The highest BCUT2D eigenvalue weighted by molar-refractivity contribution is 5.82. The summed E-state index contributed by atoms with van der Waals surface area (Å²) in [4.78, 5) is 23.0. The Hall–Kier alpha value is -1.06. The third-order valence-electron chi connectivity index (χ3n) is 1.31. The number of esters is 1. The van der Waals surface area contributed by atoms with E-state index in [0.29, 0.717) is 6.61 Å². The van der Waals surface area contributed by atoms with Crippen molar-refractivity contribution < 1.29 is 14.3 Å². The van der Waals surface area contributed by atoms with Crippen LogP contribution in [0.3, 0.4) is 0 Å². The highest BCUT2D eigenvalue weighted by Crippen LogP contribution is 1.90. The van der Waals surface area contributed by atoms with E-state index in [9.17, 15) is 9.59 Å². The molecule has 0 fully saturated rings. The average molecular weight is 172 g/mol. The predicted octanol–water partition coefficient (Wildman–Crippen LogP) is 0.232. The van der Waals surface area contributed by atoms with Gasteiger partial charge in [-0.2, -0.15) is 0 Å². The highest BCUT2D eigenvalue weighted by Gasteiger charge is 2.10. The van der Waals surface area contributed by atoms with Crippen molar-refractivity contribution in [2.75, 3.05) is 20.2 Å². The van der Waals surface area contributed by atoms with E-state index in [4.69, 9.17) is 0 Å². The fraction of sp³-hybridized carbons (Fsp3) is 0.625. The van der Waals surface area contributed by atoms with Crippen molar-refractivity contribution in [2.24, 2.45) is 0 Å². The summed E-state index contributed by atoms with van der Waals surface area (Å²) in [5, 5.41) is 0. The van der Waals surface area contributed by atoms with E-state index >= 15 is 0 Å². The molecule has 0 aliphatic carbocycles. The van der Waals surface area contributed by atoms with E-state index in [1.165, 1.54) is 4.90 Å². The van der Waals surface area contributed by atoms with Gasteiger partial charge in [-0.3, -0.25) is 9.59 Å². The molecule has 0 atom stereocenters. The van der Waals surface area contributed by atoms with Crippen molar-refractivity contribution >= 4 is 11.9 Å². The minimum absolute atomic E-state index is 0.00218. The smallest absolute Gasteiger partial charge is 0.325 e. The first-order valence-corrected chi connectivity index (χ1v) is 3.80. The average Bonchev–Trinajstić information content (AvgIpc) is 2.03. The lowest BCUT2D eigenvalue weighted by atomic mass is 10.4. The number of ether oxygens (including phenoxy) is 1. The fourth-order valence-electron chi connectivity index (χ4n) is 0.679. The van der Waals surface area contributed by atoms with Crippen LogP contribution in [0.25, 0.3) is 0 Å². The molecule has 0 aromatic carbocycles. The van der Waals surface area contributed by atoms with Crippen molar-refractivity contribution in [3.05, 3.63) is 6.92 Å². The molecule has 0 saturated heterocycles. The van der Waals surface area contributed by atoms with Crippen LogP contribution in [0.15, 0.2) is 0 Å². The molecule has 0 N–H and O–H groups in total. The van der Waals surface area contributed by atoms with Gasteiger partial charge in [0.15, 0.2) is 0 Å². The molecule has 0 aromatic rings. The predicted molar refractivity (Wildman–Crippen MR) is 44.2 cm³/mol. The number of amides is 1. The van der Waals surface area contributed by atoms with Gasteiger partial charge in [0.1, 0.15) is 6.54 Å². The van der Waals surface area contributed by atoms with Crippen LogP contribution in [0.5, 0.6) is 0 Å². The third kappa shape index (κ3) is 3.95. The number of hydrogen-bond acceptors (Lipinski definition) is 3. The Balaban J connectivity index is 3.75. The van der Waals surface area contributed by atoms with Crippen LogP contribution in [0.4, 0.5) is 0 Å². The Morgan fingerprint density at radius 3 is 2.50 bits per heavy atom. The molecular formula is C8H14NO3. The molecule has 0 heterocycles. The molecule has 0 spiro atoms. The van der Waals surface area contributed by atoms with Crippen LogP contribution >= 0.6 is 0 Å². The molecule has 0 rings (SSSR count). The van der Waals surface area contributed by atoms with Crippen LogP contribution in [-0.4, -0.2) is 37.0 Å². The Morgan fingerprint density at radius 1 is 1.50 bits per heavy atom. The summed E-state index contributed by atoms with van der Waals surface area (Å²) in [5.74, 6) is -0.551. The largest absolute Gasteiger partial charge is 0.465 e. The van der Waals surface area contributed by atoms with Gasteiger partial charge in [0.25, 0.3) is 0 Å². The number of rotatable bonds is 4. The molecular weight excluding hydrogens is 158 g/mol. The van der Waals surface area contributed by atoms with E-state index < -0.39 is 0 Å². The third-order valence-corrected chi connectivity index (χ3v) is 1.31. The molecule has 1 amide bonds. The van der Waals surface area contributed by atoms with E-state index in [0.717, 1.165) is 0 Å². The van der Waals surface area contributed by atoms with Gasteiger partial charge < -0.3 is 9.64 Å². The van der Waals surface area contributed by atoms with Crippen molar-refractivity contribution in [3.63, 3.8) is 0 Å². The maximum Gasteiger partial charge on any atom is 0.325 e. The standard InChI is InChI=1S/C8H14NO3/c1-4-7(10)9(3)6-8(11)12-5-2/h1,4-6H2,2-3H3. The summed E-state index contributed by atoms with van der Waals surface area (Å²) in [6, 6.07) is 0. The first-order valence-electron chi connectivity index (χ1n) is 3.80. The molecule has 1 radical (unpaired) electrons. The van der Waals surface area contributed by atoms with Crippen molar-refractivity contribution in [2.45, 2.75) is 13.3 Å². The van der Waals surface area contributed by atoms with Crippen molar-refractivity contribution in [1.29, 1.82) is 0 Å². The minimum atomic E-state index is -0.387. The van der Waals surface area contributed by atoms with E-state index in [1.807, 2.05) is 0 Å². The maximum absolute atomic E-state index is 10.9. The maximum atomic E-state index is 10.9. The Kier molecular flexibility index (Phi) is 5.08. The van der Waals surface area contributed by atoms with Gasteiger partial charge in [-0.15, -0.1) is 0 Å². The number of hydrogen-bond donors (Lipinski definition) is 0. The summed E-state index contributed by atoms with van der Waals surface area (Å²) in [5.41, 5.74) is 0. The second kappa shape index (κ2) is 5.57. The van der Waals surface area contributed by atoms with Gasteiger partial charge in [0.05, 0.1) is 6.61 Å². The number of carbonyl (C=O) groups is 2. The van der Waals surface area contributed by atoms with E-state index in [1.54, 1.807) is 14.0 Å². The lowest BCUT2D eigenvalue weighted by molar-refractivity contribution is -0.147. The lowest BCUT2D eigenvalue weighted by Gasteiger charge is -2.14. The van der Waals surface area contributed by atoms with Crippen LogP contribution in [0.2, 0.25) is 0 Å². The van der Waals surface area contributed by atoms with Gasteiger partial charge in [-0.1, -0.05) is 0 Å². The molecule has 4 heteroatoms. The topological polar surface area (TPSA) is 46.6 Å². The van der Waals surface area contributed by atoms with E-state index in [-0.39, 0.29) is 24.8 Å². The summed E-state index contributed by atoms with van der Waals surface area (Å²) >= 11 is 0. The fourth-order valence-corrected chi connectivity index (χ4v) is 0.679. The normalized spacial score (nSPS) is 9.25. The minimum Gasteiger partial charge on any atom is -0.465 e. The zero-order valence-electron chi connectivity index (χ0n) is 7.50. The van der Waals surface area contributed by atoms with Crippen molar-refractivity contribution in [3.8, 4) is 0 Å². The number of carbonyl (C=O) groups excluding carboxylic acids is 2. The lowest BCUT2D eigenvalue weighted by Crippen LogP contribution is -2.32. The van der Waals surface area contributed by atoms with Gasteiger partial charge in [-0.05, 0) is 13.8 Å². The summed E-state index contributed by atoms with van der Waals surface area (Å²) < 4.78 is 4.65. The van der Waals surface area contributed by atoms with E-state index in [2.05, 4.69) is 11.7 Å². The van der Waals surface area contributed by atoms with Crippen molar-refractivity contribution in [1.82, 2.24) is 4.90 Å².